The van der Waals surface area contributed by atoms with E-state index in [0.717, 1.165) is 26.8 Å². The molecule has 0 saturated heterocycles. The molecule has 0 fully saturated rings. The van der Waals surface area contributed by atoms with Crippen molar-refractivity contribution in [3.63, 3.8) is 0 Å². The Bertz CT molecular complexity index is 706. The van der Waals surface area contributed by atoms with Crippen LogP contribution in [-0.2, 0) is 12.8 Å². The first-order valence-corrected chi connectivity index (χ1v) is 7.23. The van der Waals surface area contributed by atoms with Crippen molar-refractivity contribution in [2.75, 3.05) is 0 Å². The van der Waals surface area contributed by atoms with Crippen molar-refractivity contribution in [3.05, 3.63) is 53.4 Å². The van der Waals surface area contributed by atoms with Gasteiger partial charge in [0, 0.05) is 24.0 Å². The average Bonchev–Trinajstić information content (AvgIpc) is 2.81. The summed E-state index contributed by atoms with van der Waals surface area (Å²) in [5.74, 6) is 0.861. The van der Waals surface area contributed by atoms with Crippen LogP contribution in [0.15, 0.2) is 47.9 Å². The molecule has 0 bridgehead atoms. The molecule has 96 valence electrons. The minimum absolute atomic E-state index is 0.763. The van der Waals surface area contributed by atoms with E-state index in [0.29, 0.717) is 0 Å². The number of hydrogen-bond acceptors (Lipinski definition) is 3. The summed E-state index contributed by atoms with van der Waals surface area (Å²) in [4.78, 5) is 8.82. The van der Waals surface area contributed by atoms with Gasteiger partial charge in [-0.3, -0.25) is 0 Å². The molecule has 1 aromatic carbocycles. The van der Waals surface area contributed by atoms with Crippen molar-refractivity contribution in [1.29, 1.82) is 0 Å². The first-order chi connectivity index (χ1) is 9.24. The fourth-order valence-corrected chi connectivity index (χ4v) is 2.93. The van der Waals surface area contributed by atoms with Gasteiger partial charge < -0.3 is 4.57 Å². The van der Waals surface area contributed by atoms with Gasteiger partial charge in [-0.15, -0.1) is 0 Å². The molecule has 0 unspecified atom stereocenters. The normalized spacial score (nSPS) is 11.1. The summed E-state index contributed by atoms with van der Waals surface area (Å²) in [7, 11) is 1.99. The summed E-state index contributed by atoms with van der Waals surface area (Å²) < 4.78 is 2.00. The van der Waals surface area contributed by atoms with E-state index >= 15 is 0 Å². The second kappa shape index (κ2) is 5.23. The second-order valence-corrected chi connectivity index (χ2v) is 5.65. The maximum atomic E-state index is 5.88. The van der Waals surface area contributed by atoms with Crippen molar-refractivity contribution in [1.82, 2.24) is 14.5 Å². The van der Waals surface area contributed by atoms with Crippen LogP contribution in [0.25, 0.3) is 11.0 Å². The van der Waals surface area contributed by atoms with Gasteiger partial charge in [-0.25, -0.2) is 9.97 Å². The van der Waals surface area contributed by atoms with Gasteiger partial charge >= 0.3 is 0 Å². The van der Waals surface area contributed by atoms with Crippen LogP contribution in [0.1, 0.15) is 5.56 Å². The van der Waals surface area contributed by atoms with Crippen LogP contribution in [0.3, 0.4) is 0 Å². The molecule has 0 aliphatic rings. The van der Waals surface area contributed by atoms with Gasteiger partial charge in [0.15, 0.2) is 0 Å². The molecule has 2 heterocycles. The fraction of sp³-hybridized carbons (Fsp3) is 0.143. The number of halogens is 1. The van der Waals surface area contributed by atoms with Crippen molar-refractivity contribution in [3.8, 4) is 0 Å². The predicted octanol–water partition coefficient (Wildman–Crippen LogP) is 3.91. The van der Waals surface area contributed by atoms with Crippen LogP contribution in [0.2, 0.25) is 5.02 Å². The van der Waals surface area contributed by atoms with Gasteiger partial charge in [0.1, 0.15) is 10.5 Å². The maximum Gasteiger partial charge on any atom is 0.124 e. The number of pyridine rings is 1. The number of imidazole rings is 1. The van der Waals surface area contributed by atoms with Gasteiger partial charge in [0.2, 0.25) is 0 Å². The van der Waals surface area contributed by atoms with Gasteiger partial charge in [-0.05, 0) is 23.8 Å². The zero-order valence-electron chi connectivity index (χ0n) is 10.4. The lowest BCUT2D eigenvalue weighted by atomic mass is 10.2. The summed E-state index contributed by atoms with van der Waals surface area (Å²) in [5, 5.41) is 1.73. The Kier molecular flexibility index (Phi) is 3.44. The third-order valence-corrected chi connectivity index (χ3v) is 4.20. The molecular formula is C14H12ClN3S. The largest absolute Gasteiger partial charge is 0.334 e. The van der Waals surface area contributed by atoms with Crippen molar-refractivity contribution in [2.24, 2.45) is 7.05 Å². The number of thioether (sulfide) groups is 1. The van der Waals surface area contributed by atoms with Gasteiger partial charge in [0.05, 0.1) is 11.8 Å². The van der Waals surface area contributed by atoms with Crippen LogP contribution in [0.4, 0.5) is 0 Å². The number of hydrogen-bond donors (Lipinski definition) is 0. The molecule has 0 radical (unpaired) electrons. The molecule has 0 saturated carbocycles. The van der Waals surface area contributed by atoms with E-state index in [1.165, 1.54) is 5.56 Å². The first kappa shape index (κ1) is 12.5. The highest BCUT2D eigenvalue weighted by atomic mass is 35.5. The number of aryl methyl sites for hydroxylation is 1. The highest BCUT2D eigenvalue weighted by Gasteiger charge is 2.07. The Balaban J connectivity index is 1.83. The SMILES string of the molecule is Cn1cnc2c(SCc3ccc(Cl)cc3)nccc21. The molecule has 0 aliphatic carbocycles. The van der Waals surface area contributed by atoms with Crippen LogP contribution in [-0.4, -0.2) is 14.5 Å². The van der Waals surface area contributed by atoms with E-state index in [1.807, 2.05) is 54.5 Å². The Morgan fingerprint density at radius 2 is 1.95 bits per heavy atom. The molecule has 0 aliphatic heterocycles. The monoisotopic (exact) mass is 289 g/mol. The van der Waals surface area contributed by atoms with E-state index < -0.39 is 0 Å². The zero-order chi connectivity index (χ0) is 13.2. The van der Waals surface area contributed by atoms with E-state index in [9.17, 15) is 0 Å². The molecule has 2 aromatic heterocycles. The van der Waals surface area contributed by atoms with Gasteiger partial charge in [-0.2, -0.15) is 0 Å². The molecular weight excluding hydrogens is 278 g/mol. The lowest BCUT2D eigenvalue weighted by Crippen LogP contribution is -1.87. The van der Waals surface area contributed by atoms with Crippen LogP contribution in [0, 0.1) is 0 Å². The summed E-state index contributed by atoms with van der Waals surface area (Å²) in [6, 6.07) is 9.87. The van der Waals surface area contributed by atoms with E-state index in [-0.39, 0.29) is 0 Å². The molecule has 19 heavy (non-hydrogen) atoms. The van der Waals surface area contributed by atoms with Crippen LogP contribution >= 0.6 is 23.4 Å². The summed E-state index contributed by atoms with van der Waals surface area (Å²) in [5.41, 5.74) is 3.29. The topological polar surface area (TPSA) is 30.7 Å². The van der Waals surface area contributed by atoms with Crippen molar-refractivity contribution in [2.45, 2.75) is 10.8 Å². The van der Waals surface area contributed by atoms with E-state index in [4.69, 9.17) is 11.6 Å². The first-order valence-electron chi connectivity index (χ1n) is 5.87. The molecule has 0 amide bonds. The number of rotatable bonds is 3. The number of nitrogens with zero attached hydrogens (tertiary/aromatic N) is 3. The van der Waals surface area contributed by atoms with Crippen LogP contribution < -0.4 is 0 Å². The Hall–Kier alpha value is -1.52. The highest BCUT2D eigenvalue weighted by molar-refractivity contribution is 7.98. The number of aromatic nitrogens is 3. The third-order valence-electron chi connectivity index (χ3n) is 2.90. The predicted molar refractivity (Wildman–Crippen MR) is 79.5 cm³/mol. The molecule has 3 nitrogen and oxygen atoms in total. The molecule has 5 heteroatoms. The van der Waals surface area contributed by atoms with E-state index in [1.54, 1.807) is 11.8 Å². The quantitative estimate of drug-likeness (QED) is 0.685. The van der Waals surface area contributed by atoms with Crippen LogP contribution in [0.5, 0.6) is 0 Å². The minimum Gasteiger partial charge on any atom is -0.334 e. The smallest absolute Gasteiger partial charge is 0.124 e. The third kappa shape index (κ3) is 2.60. The summed E-state index contributed by atoms with van der Waals surface area (Å²) in [6.07, 6.45) is 3.65. The lowest BCUT2D eigenvalue weighted by molar-refractivity contribution is 0.947. The minimum atomic E-state index is 0.763. The molecule has 3 rings (SSSR count). The summed E-state index contributed by atoms with van der Waals surface area (Å²) in [6.45, 7) is 0. The summed E-state index contributed by atoms with van der Waals surface area (Å²) >= 11 is 7.57. The molecule has 0 atom stereocenters. The fourth-order valence-electron chi connectivity index (χ4n) is 1.88. The average molecular weight is 290 g/mol. The Morgan fingerprint density at radius 3 is 2.74 bits per heavy atom. The standard InChI is InChI=1S/C14H12ClN3S/c1-18-9-17-13-12(18)6-7-16-14(13)19-8-10-2-4-11(15)5-3-10/h2-7,9H,8H2,1H3. The van der Waals surface area contributed by atoms with Crippen molar-refractivity contribution >= 4 is 34.4 Å². The molecule has 0 N–H and O–H groups in total. The Morgan fingerprint density at radius 1 is 1.16 bits per heavy atom. The molecule has 0 spiro atoms. The van der Waals surface area contributed by atoms with Gasteiger partial charge in [-0.1, -0.05) is 35.5 Å². The highest BCUT2D eigenvalue weighted by Crippen LogP contribution is 2.27. The Labute approximate surface area is 120 Å². The van der Waals surface area contributed by atoms with E-state index in [2.05, 4.69) is 9.97 Å². The van der Waals surface area contributed by atoms with Crippen molar-refractivity contribution < 1.29 is 0 Å². The number of benzene rings is 1. The lowest BCUT2D eigenvalue weighted by Gasteiger charge is -2.03. The molecule has 3 aromatic rings. The second-order valence-electron chi connectivity index (χ2n) is 4.25. The zero-order valence-corrected chi connectivity index (χ0v) is 11.9. The number of fused-ring (bicyclic) bond motifs is 1. The van der Waals surface area contributed by atoms with Gasteiger partial charge in [0.25, 0.3) is 0 Å². The maximum absolute atomic E-state index is 5.88.